The molecule has 0 unspecified atom stereocenters. The van der Waals surface area contributed by atoms with Crippen molar-refractivity contribution in [2.75, 3.05) is 0 Å². The van der Waals surface area contributed by atoms with Gasteiger partial charge in [-0.2, -0.15) is 13.2 Å². The smallest absolute Gasteiger partial charge is 0.286 e. The van der Waals surface area contributed by atoms with E-state index in [9.17, 15) is 22.4 Å². The Kier molecular flexibility index (Phi) is 2.93. The Labute approximate surface area is 83.0 Å². The topological polar surface area (TPSA) is 17.1 Å². The molecule has 0 aliphatic heterocycles. The normalized spacial score (nSPS) is 11.2. The number of carbonyl (C=O) groups is 1. The molecule has 0 bridgehead atoms. The highest BCUT2D eigenvalue weighted by atomic mass is 19.4. The minimum atomic E-state index is -4.46. The summed E-state index contributed by atoms with van der Waals surface area (Å²) in [6.45, 7) is 2.76. The number of benzene rings is 1. The first kappa shape index (κ1) is 11.4. The van der Waals surface area contributed by atoms with Gasteiger partial charge >= 0.3 is 6.18 Å². The van der Waals surface area contributed by atoms with Crippen LogP contribution in [-0.2, 0) is 6.18 Å². The highest BCUT2D eigenvalue weighted by Crippen LogP contribution is 2.29. The quantitative estimate of drug-likeness (QED) is 0.422. The number of allylic oxidation sites excluding steroid dienone is 1. The van der Waals surface area contributed by atoms with Crippen molar-refractivity contribution in [2.24, 2.45) is 0 Å². The molecule has 0 radical (unpaired) electrons. The highest BCUT2D eigenvalue weighted by molar-refractivity contribution is 6.06. The Morgan fingerprint density at radius 2 is 1.60 bits per heavy atom. The number of ketones is 1. The number of carbonyl (C=O) groups excluding carboxylic acids is 1. The van der Waals surface area contributed by atoms with Crippen LogP contribution in [0.2, 0.25) is 0 Å². The van der Waals surface area contributed by atoms with Crippen molar-refractivity contribution in [3.05, 3.63) is 47.8 Å². The van der Waals surface area contributed by atoms with Crippen molar-refractivity contribution < 1.29 is 22.4 Å². The Morgan fingerprint density at radius 3 is 1.93 bits per heavy atom. The van der Waals surface area contributed by atoms with Gasteiger partial charge in [0.25, 0.3) is 0 Å². The van der Waals surface area contributed by atoms with Gasteiger partial charge in [-0.25, -0.2) is 4.39 Å². The average Bonchev–Trinajstić information content (AvgIpc) is 2.15. The summed E-state index contributed by atoms with van der Waals surface area (Å²) in [5.74, 6) is -2.21. The Balaban J connectivity index is 3.01. The van der Waals surface area contributed by atoms with E-state index < -0.39 is 23.3 Å². The van der Waals surface area contributed by atoms with Crippen molar-refractivity contribution in [3.8, 4) is 0 Å². The number of alkyl halides is 3. The van der Waals surface area contributed by atoms with Gasteiger partial charge in [-0.1, -0.05) is 18.7 Å². The van der Waals surface area contributed by atoms with Gasteiger partial charge in [0, 0.05) is 5.56 Å². The van der Waals surface area contributed by atoms with Gasteiger partial charge in [-0.3, -0.25) is 4.79 Å². The van der Waals surface area contributed by atoms with Gasteiger partial charge in [0.2, 0.25) is 5.78 Å². The molecule has 0 atom stereocenters. The molecule has 1 nitrogen and oxygen atoms in total. The van der Waals surface area contributed by atoms with Crippen LogP contribution in [0.5, 0.6) is 0 Å². The van der Waals surface area contributed by atoms with E-state index in [0.29, 0.717) is 0 Å². The Bertz CT molecular complexity index is 389. The van der Waals surface area contributed by atoms with Gasteiger partial charge in [0.05, 0.1) is 5.56 Å². The highest BCUT2D eigenvalue weighted by Gasteiger charge is 2.30. The lowest BCUT2D eigenvalue weighted by molar-refractivity contribution is -0.137. The summed E-state index contributed by atoms with van der Waals surface area (Å²) < 4.78 is 48.7. The molecule has 0 spiro atoms. The molecule has 0 heterocycles. The largest absolute Gasteiger partial charge is 0.416 e. The van der Waals surface area contributed by atoms with E-state index in [1.54, 1.807) is 0 Å². The van der Waals surface area contributed by atoms with Gasteiger partial charge in [-0.05, 0) is 12.1 Å². The molecule has 0 aliphatic rings. The minimum Gasteiger partial charge on any atom is -0.286 e. The van der Waals surface area contributed by atoms with Crippen LogP contribution < -0.4 is 0 Å². The lowest BCUT2D eigenvalue weighted by atomic mass is 10.1. The molecular weight excluding hydrogens is 212 g/mol. The van der Waals surface area contributed by atoms with E-state index in [2.05, 4.69) is 6.58 Å². The van der Waals surface area contributed by atoms with Crippen LogP contribution in [0.25, 0.3) is 0 Å². The number of halogens is 4. The number of hydrogen-bond acceptors (Lipinski definition) is 1. The molecule has 0 aliphatic carbocycles. The van der Waals surface area contributed by atoms with Crippen LogP contribution in [-0.4, -0.2) is 5.78 Å². The van der Waals surface area contributed by atoms with E-state index in [0.717, 1.165) is 24.3 Å². The first-order valence-electron chi connectivity index (χ1n) is 3.88. The van der Waals surface area contributed by atoms with E-state index >= 15 is 0 Å². The monoisotopic (exact) mass is 218 g/mol. The van der Waals surface area contributed by atoms with Crippen LogP contribution in [0.1, 0.15) is 15.9 Å². The van der Waals surface area contributed by atoms with Gasteiger partial charge in [-0.15, -0.1) is 0 Å². The first-order valence-corrected chi connectivity index (χ1v) is 3.88. The number of rotatable bonds is 2. The van der Waals surface area contributed by atoms with Crippen LogP contribution in [0.15, 0.2) is 36.7 Å². The average molecular weight is 218 g/mol. The summed E-state index contributed by atoms with van der Waals surface area (Å²) >= 11 is 0. The second kappa shape index (κ2) is 3.84. The van der Waals surface area contributed by atoms with Crippen LogP contribution >= 0.6 is 0 Å². The summed E-state index contributed by atoms with van der Waals surface area (Å²) in [5, 5.41) is 0. The maximum Gasteiger partial charge on any atom is 0.416 e. The SMILES string of the molecule is C=C(F)C(=O)c1ccc(C(F)(F)F)cc1. The summed E-state index contributed by atoms with van der Waals surface area (Å²) in [4.78, 5) is 10.9. The third-order valence-corrected chi connectivity index (χ3v) is 1.72. The van der Waals surface area contributed by atoms with E-state index in [1.807, 2.05) is 0 Å². The molecule has 1 rings (SSSR count). The van der Waals surface area contributed by atoms with Gasteiger partial charge in [0.1, 0.15) is 0 Å². The molecule has 0 N–H and O–H groups in total. The maximum absolute atomic E-state index is 12.3. The summed E-state index contributed by atoms with van der Waals surface area (Å²) in [6, 6.07) is 3.26. The Morgan fingerprint density at radius 1 is 1.13 bits per heavy atom. The van der Waals surface area contributed by atoms with E-state index in [-0.39, 0.29) is 5.56 Å². The predicted octanol–water partition coefficient (Wildman–Crippen LogP) is 3.37. The molecule has 0 saturated carbocycles. The molecule has 0 fully saturated rings. The second-order valence-electron chi connectivity index (χ2n) is 2.81. The maximum atomic E-state index is 12.3. The fourth-order valence-corrected chi connectivity index (χ4v) is 0.967. The van der Waals surface area contributed by atoms with Crippen LogP contribution in [0.4, 0.5) is 17.6 Å². The molecule has 1 aromatic rings. The van der Waals surface area contributed by atoms with Crippen molar-refractivity contribution in [1.82, 2.24) is 0 Å². The number of hydrogen-bond donors (Lipinski definition) is 0. The van der Waals surface area contributed by atoms with E-state index in [4.69, 9.17) is 0 Å². The summed E-state index contributed by atoms with van der Waals surface area (Å²) in [6.07, 6.45) is -4.46. The zero-order chi connectivity index (χ0) is 11.6. The molecule has 80 valence electrons. The minimum absolute atomic E-state index is 0.157. The van der Waals surface area contributed by atoms with Crippen LogP contribution in [0, 0.1) is 0 Å². The molecular formula is C10H6F4O. The van der Waals surface area contributed by atoms with Crippen molar-refractivity contribution in [2.45, 2.75) is 6.18 Å². The molecule has 0 aromatic heterocycles. The lowest BCUT2D eigenvalue weighted by Gasteiger charge is -2.06. The zero-order valence-corrected chi connectivity index (χ0v) is 7.44. The Hall–Kier alpha value is -1.65. The van der Waals surface area contributed by atoms with Crippen molar-refractivity contribution >= 4 is 5.78 Å². The lowest BCUT2D eigenvalue weighted by Crippen LogP contribution is -2.06. The molecule has 0 amide bonds. The fraction of sp³-hybridized carbons (Fsp3) is 0.100. The molecule has 0 saturated heterocycles. The first-order chi connectivity index (χ1) is 6.82. The number of Topliss-reactive ketones (excluding diaryl/α,β-unsaturated/α-hetero) is 1. The van der Waals surface area contributed by atoms with Gasteiger partial charge in [0.15, 0.2) is 5.83 Å². The predicted molar refractivity (Wildman–Crippen MR) is 46.0 cm³/mol. The summed E-state index contributed by atoms with van der Waals surface area (Å²) in [7, 11) is 0. The molecule has 15 heavy (non-hydrogen) atoms. The van der Waals surface area contributed by atoms with Gasteiger partial charge < -0.3 is 0 Å². The second-order valence-corrected chi connectivity index (χ2v) is 2.81. The molecule has 1 aromatic carbocycles. The van der Waals surface area contributed by atoms with Crippen LogP contribution in [0.3, 0.4) is 0 Å². The molecule has 5 heteroatoms. The standard InChI is InChI=1S/C10H6F4O/c1-6(11)9(15)7-2-4-8(5-3-7)10(12,13)14/h2-5H,1H2. The van der Waals surface area contributed by atoms with Crippen molar-refractivity contribution in [1.29, 1.82) is 0 Å². The fourth-order valence-electron chi connectivity index (χ4n) is 0.967. The third kappa shape index (κ3) is 2.65. The van der Waals surface area contributed by atoms with Crippen molar-refractivity contribution in [3.63, 3.8) is 0 Å². The third-order valence-electron chi connectivity index (χ3n) is 1.72. The summed E-state index contributed by atoms with van der Waals surface area (Å²) in [5.41, 5.74) is -1.04. The van der Waals surface area contributed by atoms with E-state index in [1.165, 1.54) is 0 Å². The zero-order valence-electron chi connectivity index (χ0n) is 7.44.